The predicted molar refractivity (Wildman–Crippen MR) is 105 cm³/mol. The normalized spacial score (nSPS) is 21.3. The van der Waals surface area contributed by atoms with E-state index < -0.39 is 0 Å². The maximum atomic E-state index is 11.8. The van der Waals surface area contributed by atoms with Gasteiger partial charge in [-0.1, -0.05) is 0 Å². The van der Waals surface area contributed by atoms with Crippen molar-refractivity contribution in [3.05, 3.63) is 53.6 Å². The monoisotopic (exact) mass is 386 g/mol. The summed E-state index contributed by atoms with van der Waals surface area (Å²) in [6, 6.07) is 11.9. The average molecular weight is 386 g/mol. The summed E-state index contributed by atoms with van der Waals surface area (Å²) in [5.74, 6) is 1.04. The standard InChI is InChI=1S/C21H26N2O5/c1-4-26-16-10-11-17(18(24)12-16)19-20(13(3)22-23-19)28-15-8-6-14(7-9-15)21(25)27-5-2/h6-13,19-20,22-24H,4-5H2,1-3H3. The molecule has 0 amide bonds. The van der Waals surface area contributed by atoms with E-state index in [0.29, 0.717) is 35.8 Å². The third-order valence-corrected chi connectivity index (χ3v) is 4.57. The van der Waals surface area contributed by atoms with Crippen molar-refractivity contribution in [2.45, 2.75) is 39.0 Å². The highest BCUT2D eigenvalue weighted by molar-refractivity contribution is 5.89. The number of carbonyl (C=O) groups excluding carboxylic acids is 1. The number of phenols is 1. The molecule has 2 aromatic carbocycles. The summed E-state index contributed by atoms with van der Waals surface area (Å²) in [5.41, 5.74) is 7.54. The molecule has 3 rings (SSSR count). The van der Waals surface area contributed by atoms with E-state index in [1.807, 2.05) is 26.0 Å². The molecule has 1 heterocycles. The quantitative estimate of drug-likeness (QED) is 0.631. The van der Waals surface area contributed by atoms with E-state index in [1.165, 1.54) is 0 Å². The van der Waals surface area contributed by atoms with Gasteiger partial charge >= 0.3 is 5.97 Å². The lowest BCUT2D eigenvalue weighted by Gasteiger charge is -2.24. The molecule has 7 heteroatoms. The highest BCUT2D eigenvalue weighted by Gasteiger charge is 2.37. The maximum Gasteiger partial charge on any atom is 0.338 e. The van der Waals surface area contributed by atoms with Crippen molar-refractivity contribution in [3.8, 4) is 17.2 Å². The summed E-state index contributed by atoms with van der Waals surface area (Å²) in [6.07, 6.45) is -0.266. The van der Waals surface area contributed by atoms with Crippen molar-refractivity contribution >= 4 is 5.97 Å². The van der Waals surface area contributed by atoms with Crippen molar-refractivity contribution < 1.29 is 24.1 Å². The van der Waals surface area contributed by atoms with Gasteiger partial charge in [0.1, 0.15) is 23.4 Å². The van der Waals surface area contributed by atoms with Crippen LogP contribution in [-0.2, 0) is 4.74 Å². The van der Waals surface area contributed by atoms with Gasteiger partial charge in [-0.15, -0.1) is 0 Å². The third-order valence-electron chi connectivity index (χ3n) is 4.57. The highest BCUT2D eigenvalue weighted by Crippen LogP contribution is 2.34. The van der Waals surface area contributed by atoms with Crippen molar-refractivity contribution in [3.63, 3.8) is 0 Å². The molecule has 1 aliphatic rings. The van der Waals surface area contributed by atoms with Crippen LogP contribution in [-0.4, -0.2) is 36.4 Å². The van der Waals surface area contributed by atoms with Gasteiger partial charge < -0.3 is 19.3 Å². The van der Waals surface area contributed by atoms with E-state index in [0.717, 1.165) is 0 Å². The number of ether oxygens (including phenoxy) is 3. The number of rotatable bonds is 7. The Morgan fingerprint density at radius 3 is 2.39 bits per heavy atom. The summed E-state index contributed by atoms with van der Waals surface area (Å²) in [5, 5.41) is 10.4. The molecule has 1 saturated heterocycles. The van der Waals surface area contributed by atoms with E-state index in [9.17, 15) is 9.90 Å². The zero-order chi connectivity index (χ0) is 20.1. The number of hydrogen-bond donors (Lipinski definition) is 3. The van der Waals surface area contributed by atoms with E-state index in [2.05, 4.69) is 10.9 Å². The van der Waals surface area contributed by atoms with E-state index in [-0.39, 0.29) is 29.9 Å². The Hall–Kier alpha value is -2.77. The van der Waals surface area contributed by atoms with E-state index in [4.69, 9.17) is 14.2 Å². The number of carbonyl (C=O) groups is 1. The van der Waals surface area contributed by atoms with Crippen molar-refractivity contribution in [2.24, 2.45) is 0 Å². The van der Waals surface area contributed by atoms with Gasteiger partial charge in [-0.05, 0) is 57.2 Å². The molecule has 28 heavy (non-hydrogen) atoms. The molecule has 3 atom stereocenters. The maximum absolute atomic E-state index is 11.8. The van der Waals surface area contributed by atoms with Crippen molar-refractivity contribution in [1.82, 2.24) is 10.9 Å². The second kappa shape index (κ2) is 8.95. The Balaban J connectivity index is 1.76. The van der Waals surface area contributed by atoms with Gasteiger partial charge in [-0.2, -0.15) is 0 Å². The molecule has 0 spiro atoms. The van der Waals surface area contributed by atoms with Gasteiger partial charge in [0, 0.05) is 11.6 Å². The van der Waals surface area contributed by atoms with Gasteiger partial charge in [-0.3, -0.25) is 5.43 Å². The lowest BCUT2D eigenvalue weighted by molar-refractivity contribution is 0.0526. The number of aromatic hydroxyl groups is 1. The Kier molecular flexibility index (Phi) is 6.38. The SMILES string of the molecule is CCOC(=O)c1ccc(OC2C(C)NNC2c2ccc(OCC)cc2O)cc1. The highest BCUT2D eigenvalue weighted by atomic mass is 16.5. The molecule has 0 saturated carbocycles. The van der Waals surface area contributed by atoms with Crippen LogP contribution in [0.15, 0.2) is 42.5 Å². The zero-order valence-electron chi connectivity index (χ0n) is 16.3. The molecule has 1 aliphatic heterocycles. The molecule has 3 unspecified atom stereocenters. The number of nitrogens with one attached hydrogen (secondary N) is 2. The average Bonchev–Trinajstić information content (AvgIpc) is 3.03. The van der Waals surface area contributed by atoms with Crippen molar-refractivity contribution in [1.29, 1.82) is 0 Å². The predicted octanol–water partition coefficient (Wildman–Crippen LogP) is 2.95. The van der Waals surface area contributed by atoms with Crippen LogP contribution >= 0.6 is 0 Å². The van der Waals surface area contributed by atoms with Gasteiger partial charge in [-0.25, -0.2) is 10.2 Å². The van der Waals surface area contributed by atoms with E-state index in [1.54, 1.807) is 37.3 Å². The first kappa shape index (κ1) is 20.0. The first-order chi connectivity index (χ1) is 13.5. The fraction of sp³-hybridized carbons (Fsp3) is 0.381. The lowest BCUT2D eigenvalue weighted by Crippen LogP contribution is -2.33. The Labute approximate surface area is 164 Å². The minimum Gasteiger partial charge on any atom is -0.507 e. The molecule has 7 nitrogen and oxygen atoms in total. The molecule has 0 bridgehead atoms. The number of benzene rings is 2. The zero-order valence-corrected chi connectivity index (χ0v) is 16.3. The summed E-state index contributed by atoms with van der Waals surface area (Å²) >= 11 is 0. The van der Waals surface area contributed by atoms with Crippen LogP contribution in [0, 0.1) is 0 Å². The Morgan fingerprint density at radius 2 is 1.75 bits per heavy atom. The second-order valence-electron chi connectivity index (χ2n) is 6.54. The molecule has 2 aromatic rings. The number of hydrogen-bond acceptors (Lipinski definition) is 7. The van der Waals surface area contributed by atoms with Crippen LogP contribution in [0.2, 0.25) is 0 Å². The second-order valence-corrected chi connectivity index (χ2v) is 6.54. The van der Waals surface area contributed by atoms with Gasteiger partial charge in [0.15, 0.2) is 0 Å². The van der Waals surface area contributed by atoms with Crippen LogP contribution in [0.5, 0.6) is 17.2 Å². The number of esters is 1. The molecule has 0 aliphatic carbocycles. The van der Waals surface area contributed by atoms with Crippen LogP contribution in [0.1, 0.15) is 42.7 Å². The summed E-state index contributed by atoms with van der Waals surface area (Å²) in [4.78, 5) is 11.8. The van der Waals surface area contributed by atoms with Crippen LogP contribution in [0.4, 0.5) is 0 Å². The topological polar surface area (TPSA) is 89.1 Å². The van der Waals surface area contributed by atoms with Crippen LogP contribution in [0.25, 0.3) is 0 Å². The number of phenolic OH excluding ortho intramolecular Hbond substituents is 1. The molecule has 1 fully saturated rings. The summed E-state index contributed by atoms with van der Waals surface area (Å²) < 4.78 is 16.6. The molecule has 3 N–H and O–H groups in total. The van der Waals surface area contributed by atoms with Gasteiger partial charge in [0.25, 0.3) is 0 Å². The molecule has 0 radical (unpaired) electrons. The van der Waals surface area contributed by atoms with Gasteiger partial charge in [0.05, 0.1) is 30.9 Å². The summed E-state index contributed by atoms with van der Waals surface area (Å²) in [6.45, 7) is 6.53. The molecule has 150 valence electrons. The minimum atomic E-state index is -0.358. The minimum absolute atomic E-state index is 0.000650. The smallest absolute Gasteiger partial charge is 0.338 e. The van der Waals surface area contributed by atoms with E-state index >= 15 is 0 Å². The number of hydrazine groups is 1. The fourth-order valence-electron chi connectivity index (χ4n) is 3.18. The largest absolute Gasteiger partial charge is 0.507 e. The first-order valence-corrected chi connectivity index (χ1v) is 9.44. The third kappa shape index (κ3) is 4.37. The lowest BCUT2D eigenvalue weighted by atomic mass is 9.98. The van der Waals surface area contributed by atoms with Crippen LogP contribution in [0.3, 0.4) is 0 Å². The first-order valence-electron chi connectivity index (χ1n) is 9.44. The molecular formula is C21H26N2O5. The van der Waals surface area contributed by atoms with Crippen molar-refractivity contribution in [2.75, 3.05) is 13.2 Å². The Morgan fingerprint density at radius 1 is 1.04 bits per heavy atom. The molecule has 0 aromatic heterocycles. The fourth-order valence-corrected chi connectivity index (χ4v) is 3.18. The molecular weight excluding hydrogens is 360 g/mol. The summed E-state index contributed by atoms with van der Waals surface area (Å²) in [7, 11) is 0. The van der Waals surface area contributed by atoms with Gasteiger partial charge in [0.2, 0.25) is 0 Å². The Bertz CT molecular complexity index is 809. The van der Waals surface area contributed by atoms with Crippen LogP contribution < -0.4 is 20.3 Å².